The summed E-state index contributed by atoms with van der Waals surface area (Å²) in [4.78, 5) is 0. The van der Waals surface area contributed by atoms with E-state index in [1.54, 1.807) is 12.2 Å². The van der Waals surface area contributed by atoms with Crippen LogP contribution in [0.5, 0.6) is 5.75 Å². The number of allylic oxidation sites excluding steroid dienone is 3. The highest BCUT2D eigenvalue weighted by Gasteiger charge is 1.98. The van der Waals surface area contributed by atoms with Crippen molar-refractivity contribution < 1.29 is 4.74 Å². The summed E-state index contributed by atoms with van der Waals surface area (Å²) in [6.45, 7) is 13.3. The molecule has 0 fully saturated rings. The Hall–Kier alpha value is -1.76. The van der Waals surface area contributed by atoms with Gasteiger partial charge in [-0.1, -0.05) is 51.3 Å². The zero-order valence-electron chi connectivity index (χ0n) is 10.4. The van der Waals surface area contributed by atoms with Gasteiger partial charge in [-0.3, -0.25) is 0 Å². The molecule has 0 unspecified atom stereocenters. The first-order valence-corrected chi connectivity index (χ1v) is 5.46. The Bertz CT molecular complexity index is 347. The number of hydrogen-bond acceptors (Lipinski definition) is 1. The van der Waals surface area contributed by atoms with Crippen LogP contribution in [0.4, 0.5) is 0 Å². The highest BCUT2D eigenvalue weighted by atomic mass is 16.5. The van der Waals surface area contributed by atoms with Crippen molar-refractivity contribution in [1.82, 2.24) is 0 Å². The monoisotopic (exact) mass is 216 g/mol. The van der Waals surface area contributed by atoms with Crippen LogP contribution in [0.3, 0.4) is 0 Å². The minimum atomic E-state index is 0.742. The van der Waals surface area contributed by atoms with Gasteiger partial charge in [0.2, 0.25) is 0 Å². The van der Waals surface area contributed by atoms with Crippen LogP contribution in [0.1, 0.15) is 20.8 Å². The van der Waals surface area contributed by atoms with E-state index < -0.39 is 0 Å². The summed E-state index contributed by atoms with van der Waals surface area (Å²) in [5.74, 6) is 1.55. The van der Waals surface area contributed by atoms with Crippen molar-refractivity contribution in [2.24, 2.45) is 0 Å². The smallest absolute Gasteiger partial charge is 0.129 e. The average molecular weight is 216 g/mol. The van der Waals surface area contributed by atoms with E-state index in [-0.39, 0.29) is 0 Å². The molecule has 0 heterocycles. The van der Waals surface area contributed by atoms with Gasteiger partial charge >= 0.3 is 0 Å². The van der Waals surface area contributed by atoms with Gasteiger partial charge in [0.15, 0.2) is 0 Å². The van der Waals surface area contributed by atoms with Gasteiger partial charge < -0.3 is 4.74 Å². The highest BCUT2D eigenvalue weighted by molar-refractivity contribution is 5.31. The molecule has 1 heteroatoms. The van der Waals surface area contributed by atoms with Gasteiger partial charge in [0.25, 0.3) is 0 Å². The fourth-order valence-corrected chi connectivity index (χ4v) is 0.999. The summed E-state index contributed by atoms with van der Waals surface area (Å²) < 4.78 is 5.61. The van der Waals surface area contributed by atoms with Gasteiger partial charge in [-0.2, -0.15) is 0 Å². The Labute approximate surface area is 98.8 Å². The summed E-state index contributed by atoms with van der Waals surface area (Å²) in [5, 5.41) is 0. The minimum Gasteiger partial charge on any atom is -0.457 e. The molecule has 86 valence electrons. The van der Waals surface area contributed by atoms with Gasteiger partial charge in [-0.25, -0.2) is 0 Å². The molecule has 0 aliphatic rings. The summed E-state index contributed by atoms with van der Waals surface area (Å²) in [6, 6.07) is 9.61. The number of rotatable bonds is 4. The van der Waals surface area contributed by atoms with Crippen molar-refractivity contribution >= 4 is 0 Å². The first-order chi connectivity index (χ1) is 7.77. The molecule has 0 saturated heterocycles. The van der Waals surface area contributed by atoms with E-state index in [0.29, 0.717) is 0 Å². The van der Waals surface area contributed by atoms with Crippen molar-refractivity contribution in [1.29, 1.82) is 0 Å². The SMILES string of the molecule is C=C/C(C)=C(\C=C)Oc1ccccc1.CC. The van der Waals surface area contributed by atoms with Crippen LogP contribution in [0.25, 0.3) is 0 Å². The molecule has 0 bridgehead atoms. The third-order valence-corrected chi connectivity index (χ3v) is 1.85. The van der Waals surface area contributed by atoms with E-state index >= 15 is 0 Å². The van der Waals surface area contributed by atoms with E-state index in [1.807, 2.05) is 51.1 Å². The molecule has 1 aromatic rings. The van der Waals surface area contributed by atoms with Crippen LogP contribution < -0.4 is 4.74 Å². The summed E-state index contributed by atoms with van der Waals surface area (Å²) in [5.41, 5.74) is 0.976. The Kier molecular flexibility index (Phi) is 7.60. The summed E-state index contributed by atoms with van der Waals surface area (Å²) in [6.07, 6.45) is 3.43. The number of benzene rings is 1. The summed E-state index contributed by atoms with van der Waals surface area (Å²) in [7, 11) is 0. The van der Waals surface area contributed by atoms with E-state index in [0.717, 1.165) is 17.1 Å². The standard InChI is InChI=1S/C13H14O.C2H6/c1-4-11(3)13(5-2)14-12-9-7-6-8-10-12;1-2/h4-10H,1-2H2,3H3;1-2H3/b13-11+;. The highest BCUT2D eigenvalue weighted by Crippen LogP contribution is 2.15. The normalized spacial score (nSPS) is 10.4. The van der Waals surface area contributed by atoms with E-state index in [9.17, 15) is 0 Å². The molecule has 0 atom stereocenters. The third kappa shape index (κ3) is 4.65. The van der Waals surface area contributed by atoms with Crippen LogP contribution in [-0.4, -0.2) is 0 Å². The van der Waals surface area contributed by atoms with Gasteiger partial charge in [0.05, 0.1) is 0 Å². The second-order valence-electron chi connectivity index (χ2n) is 2.87. The number of hydrogen-bond donors (Lipinski definition) is 0. The lowest BCUT2D eigenvalue weighted by Gasteiger charge is -2.07. The molecule has 0 aromatic heterocycles. The van der Waals surface area contributed by atoms with E-state index in [2.05, 4.69) is 13.2 Å². The molecule has 1 rings (SSSR count). The molecule has 0 N–H and O–H groups in total. The fraction of sp³-hybridized carbons (Fsp3) is 0.200. The maximum absolute atomic E-state index is 5.61. The number of ether oxygens (including phenoxy) is 1. The lowest BCUT2D eigenvalue weighted by Crippen LogP contribution is -1.94. The minimum absolute atomic E-state index is 0.742. The molecule has 0 aliphatic carbocycles. The maximum atomic E-state index is 5.61. The molecular weight excluding hydrogens is 196 g/mol. The van der Waals surface area contributed by atoms with Crippen molar-refractivity contribution in [2.75, 3.05) is 0 Å². The lowest BCUT2D eigenvalue weighted by atomic mass is 10.2. The van der Waals surface area contributed by atoms with Crippen LogP contribution in [0.15, 0.2) is 67.0 Å². The Morgan fingerprint density at radius 1 is 1.06 bits per heavy atom. The molecule has 1 nitrogen and oxygen atoms in total. The van der Waals surface area contributed by atoms with Gasteiger partial charge in [0.1, 0.15) is 11.5 Å². The van der Waals surface area contributed by atoms with Gasteiger partial charge in [-0.15, -0.1) is 0 Å². The lowest BCUT2D eigenvalue weighted by molar-refractivity contribution is 0.440. The molecule has 0 amide bonds. The van der Waals surface area contributed by atoms with Gasteiger partial charge in [0, 0.05) is 0 Å². The van der Waals surface area contributed by atoms with Crippen molar-refractivity contribution in [2.45, 2.75) is 20.8 Å². The second kappa shape index (κ2) is 8.54. The average Bonchev–Trinajstić information content (AvgIpc) is 2.38. The maximum Gasteiger partial charge on any atom is 0.129 e. The molecular formula is C15H20O. The first kappa shape index (κ1) is 14.2. The van der Waals surface area contributed by atoms with Crippen LogP contribution >= 0.6 is 0 Å². The molecule has 0 aliphatic heterocycles. The second-order valence-corrected chi connectivity index (χ2v) is 2.87. The zero-order chi connectivity index (χ0) is 12.4. The Morgan fingerprint density at radius 3 is 2.06 bits per heavy atom. The first-order valence-electron chi connectivity index (χ1n) is 5.46. The molecule has 0 saturated carbocycles. The fourth-order valence-electron chi connectivity index (χ4n) is 0.999. The molecule has 0 radical (unpaired) electrons. The largest absolute Gasteiger partial charge is 0.457 e. The Balaban J connectivity index is 0.00000106. The van der Waals surface area contributed by atoms with E-state index in [4.69, 9.17) is 4.74 Å². The quantitative estimate of drug-likeness (QED) is 0.522. The summed E-state index contributed by atoms with van der Waals surface area (Å²) >= 11 is 0. The van der Waals surface area contributed by atoms with Crippen LogP contribution in [-0.2, 0) is 0 Å². The third-order valence-electron chi connectivity index (χ3n) is 1.85. The molecule has 16 heavy (non-hydrogen) atoms. The van der Waals surface area contributed by atoms with Crippen LogP contribution in [0, 0.1) is 0 Å². The van der Waals surface area contributed by atoms with Gasteiger partial charge in [-0.05, 0) is 30.7 Å². The van der Waals surface area contributed by atoms with E-state index in [1.165, 1.54) is 0 Å². The van der Waals surface area contributed by atoms with Crippen molar-refractivity contribution in [3.8, 4) is 5.75 Å². The topological polar surface area (TPSA) is 9.23 Å². The molecule has 1 aromatic carbocycles. The van der Waals surface area contributed by atoms with Crippen LogP contribution in [0.2, 0.25) is 0 Å². The van der Waals surface area contributed by atoms with Crippen molar-refractivity contribution in [3.05, 3.63) is 67.0 Å². The predicted octanol–water partition coefficient (Wildman–Crippen LogP) is 4.74. The Morgan fingerprint density at radius 2 is 1.62 bits per heavy atom. The predicted molar refractivity (Wildman–Crippen MR) is 71.5 cm³/mol. The molecule has 0 spiro atoms. The zero-order valence-corrected chi connectivity index (χ0v) is 10.4. The number of para-hydroxylation sites is 1. The van der Waals surface area contributed by atoms with Crippen molar-refractivity contribution in [3.63, 3.8) is 0 Å².